The molecule has 3 aromatic rings. The van der Waals surface area contributed by atoms with Gasteiger partial charge in [-0.25, -0.2) is 15.8 Å². The summed E-state index contributed by atoms with van der Waals surface area (Å²) in [6, 6.07) is 0. The molecule has 0 atom stereocenters. The minimum absolute atomic E-state index is 0.234. The Morgan fingerprint density at radius 3 is 2.90 bits per heavy atom. The van der Waals surface area contributed by atoms with E-state index in [4.69, 9.17) is 5.84 Å². The summed E-state index contributed by atoms with van der Waals surface area (Å²) in [4.78, 5) is 20.8. The standard InChI is InChI=1S/C9H10N10S2/c1-2-5-13-9(21-18-5)20-8-15-6(17-10)14-7(16-8)19-4-11-3-12-19/h3-4H,2,10H2,1H3,(H,14,15,16,17). The van der Waals surface area contributed by atoms with E-state index in [2.05, 4.69) is 39.8 Å². The maximum atomic E-state index is 5.38. The summed E-state index contributed by atoms with van der Waals surface area (Å²) in [6.07, 6.45) is 3.67. The summed E-state index contributed by atoms with van der Waals surface area (Å²) in [6.45, 7) is 2.00. The van der Waals surface area contributed by atoms with E-state index in [0.717, 1.165) is 16.6 Å². The lowest BCUT2D eigenvalue weighted by Crippen LogP contribution is -2.14. The average molecular weight is 322 g/mol. The third-order valence-electron chi connectivity index (χ3n) is 2.30. The van der Waals surface area contributed by atoms with Crippen LogP contribution in [0.3, 0.4) is 0 Å². The number of hydrogen-bond donors (Lipinski definition) is 2. The molecule has 3 aromatic heterocycles. The highest BCUT2D eigenvalue weighted by molar-refractivity contribution is 8.00. The summed E-state index contributed by atoms with van der Waals surface area (Å²) in [5.41, 5.74) is 2.40. The molecule has 0 saturated heterocycles. The van der Waals surface area contributed by atoms with Crippen LogP contribution in [-0.4, -0.2) is 39.1 Å². The van der Waals surface area contributed by atoms with E-state index in [1.165, 1.54) is 40.6 Å². The fourth-order valence-corrected chi connectivity index (χ4v) is 2.92. The van der Waals surface area contributed by atoms with Gasteiger partial charge < -0.3 is 0 Å². The number of hydrogen-bond acceptors (Lipinski definition) is 11. The maximum absolute atomic E-state index is 5.38. The third kappa shape index (κ3) is 3.12. The molecule has 0 aromatic carbocycles. The molecule has 0 aliphatic rings. The van der Waals surface area contributed by atoms with E-state index in [1.807, 2.05) is 6.92 Å². The molecule has 3 N–H and O–H groups in total. The minimum Gasteiger partial charge on any atom is -0.292 e. The Kier molecular flexibility index (Phi) is 3.98. The number of nitrogen functional groups attached to an aromatic ring is 1. The highest BCUT2D eigenvalue weighted by atomic mass is 32.2. The number of aryl methyl sites for hydroxylation is 1. The van der Waals surface area contributed by atoms with Gasteiger partial charge in [0.15, 0.2) is 4.34 Å². The van der Waals surface area contributed by atoms with Crippen molar-refractivity contribution in [3.05, 3.63) is 18.5 Å². The molecule has 10 nitrogen and oxygen atoms in total. The zero-order valence-corrected chi connectivity index (χ0v) is 12.5. The van der Waals surface area contributed by atoms with Crippen molar-refractivity contribution in [3.8, 4) is 5.95 Å². The van der Waals surface area contributed by atoms with Gasteiger partial charge in [-0.15, -0.1) is 0 Å². The van der Waals surface area contributed by atoms with Crippen molar-refractivity contribution >= 4 is 29.2 Å². The first-order chi connectivity index (χ1) is 10.3. The van der Waals surface area contributed by atoms with Crippen molar-refractivity contribution in [1.82, 2.24) is 39.1 Å². The number of anilines is 1. The van der Waals surface area contributed by atoms with Gasteiger partial charge >= 0.3 is 0 Å². The second kappa shape index (κ2) is 6.07. The molecule has 0 radical (unpaired) electrons. The van der Waals surface area contributed by atoms with Crippen LogP contribution in [0.4, 0.5) is 5.95 Å². The van der Waals surface area contributed by atoms with E-state index >= 15 is 0 Å². The lowest BCUT2D eigenvalue weighted by Gasteiger charge is -2.04. The molecule has 108 valence electrons. The van der Waals surface area contributed by atoms with E-state index in [9.17, 15) is 0 Å². The van der Waals surface area contributed by atoms with Crippen LogP contribution in [0.1, 0.15) is 12.7 Å². The second-order valence-electron chi connectivity index (χ2n) is 3.66. The van der Waals surface area contributed by atoms with Crippen LogP contribution < -0.4 is 11.3 Å². The molecule has 0 aliphatic heterocycles. The van der Waals surface area contributed by atoms with Crippen LogP contribution in [-0.2, 0) is 6.42 Å². The highest BCUT2D eigenvalue weighted by Gasteiger charge is 2.12. The number of rotatable bonds is 5. The Morgan fingerprint density at radius 1 is 1.33 bits per heavy atom. The molecular formula is C9H10N10S2. The quantitative estimate of drug-likeness (QED) is 0.499. The van der Waals surface area contributed by atoms with Gasteiger partial charge in [-0.3, -0.25) is 5.43 Å². The van der Waals surface area contributed by atoms with Crippen LogP contribution in [0.25, 0.3) is 5.95 Å². The number of hydrazine groups is 1. The zero-order chi connectivity index (χ0) is 14.7. The number of nitrogens with zero attached hydrogens (tertiary/aromatic N) is 8. The lowest BCUT2D eigenvalue weighted by molar-refractivity contribution is 0.759. The maximum Gasteiger partial charge on any atom is 0.257 e. The van der Waals surface area contributed by atoms with Gasteiger partial charge in [0.1, 0.15) is 18.5 Å². The fourth-order valence-electron chi connectivity index (χ4n) is 1.37. The molecule has 3 rings (SSSR count). The monoisotopic (exact) mass is 322 g/mol. The Balaban J connectivity index is 1.92. The van der Waals surface area contributed by atoms with Crippen molar-refractivity contribution < 1.29 is 0 Å². The Morgan fingerprint density at radius 2 is 2.24 bits per heavy atom. The first-order valence-corrected chi connectivity index (χ1v) is 7.45. The zero-order valence-electron chi connectivity index (χ0n) is 10.8. The van der Waals surface area contributed by atoms with Crippen LogP contribution in [0, 0.1) is 0 Å². The average Bonchev–Trinajstić information content (AvgIpc) is 3.18. The third-order valence-corrected chi connectivity index (χ3v) is 3.95. The van der Waals surface area contributed by atoms with Gasteiger partial charge in [-0.2, -0.15) is 29.1 Å². The first kappa shape index (κ1) is 13.8. The Hall–Kier alpha value is -2.18. The number of aromatic nitrogens is 8. The Bertz CT molecular complexity index is 724. The predicted molar refractivity (Wildman–Crippen MR) is 76.0 cm³/mol. The lowest BCUT2D eigenvalue weighted by atomic mass is 10.5. The summed E-state index contributed by atoms with van der Waals surface area (Å²) < 4.78 is 6.39. The highest BCUT2D eigenvalue weighted by Crippen LogP contribution is 2.27. The summed E-state index contributed by atoms with van der Waals surface area (Å²) in [5.74, 6) is 6.73. The molecule has 3 heterocycles. The summed E-state index contributed by atoms with van der Waals surface area (Å²) >= 11 is 2.59. The molecule has 21 heavy (non-hydrogen) atoms. The molecule has 0 fully saturated rings. The van der Waals surface area contributed by atoms with Gasteiger partial charge in [-0.05, 0) is 23.3 Å². The molecule has 0 aliphatic carbocycles. The predicted octanol–water partition coefficient (Wildman–Crippen LogP) is 0.303. The van der Waals surface area contributed by atoms with E-state index in [-0.39, 0.29) is 5.95 Å². The number of nitrogens with two attached hydrogens (primary N) is 1. The molecule has 0 amide bonds. The van der Waals surface area contributed by atoms with Gasteiger partial charge in [0.05, 0.1) is 0 Å². The van der Waals surface area contributed by atoms with Crippen molar-refractivity contribution in [2.45, 2.75) is 22.8 Å². The van der Waals surface area contributed by atoms with Crippen LogP contribution in [0.2, 0.25) is 0 Å². The summed E-state index contributed by atoms with van der Waals surface area (Å²) in [5, 5.41) is 4.42. The Labute approximate surface area is 127 Å². The molecule has 0 spiro atoms. The second-order valence-corrected chi connectivity index (χ2v) is 5.62. The molecular weight excluding hydrogens is 312 g/mol. The van der Waals surface area contributed by atoms with E-state index in [1.54, 1.807) is 0 Å². The van der Waals surface area contributed by atoms with Crippen LogP contribution in [0.5, 0.6) is 0 Å². The molecule has 0 unspecified atom stereocenters. The molecule has 0 bridgehead atoms. The van der Waals surface area contributed by atoms with Crippen molar-refractivity contribution in [2.24, 2.45) is 5.84 Å². The minimum atomic E-state index is 0.234. The van der Waals surface area contributed by atoms with Gasteiger partial charge in [0.25, 0.3) is 5.95 Å². The van der Waals surface area contributed by atoms with Gasteiger partial charge in [0, 0.05) is 6.42 Å². The van der Waals surface area contributed by atoms with Crippen molar-refractivity contribution in [2.75, 3.05) is 5.43 Å². The number of nitrogens with one attached hydrogen (secondary N) is 1. The molecule has 0 saturated carbocycles. The van der Waals surface area contributed by atoms with Crippen LogP contribution in [0.15, 0.2) is 22.2 Å². The van der Waals surface area contributed by atoms with Crippen LogP contribution >= 0.6 is 23.3 Å². The van der Waals surface area contributed by atoms with E-state index in [0.29, 0.717) is 11.1 Å². The molecule has 12 heteroatoms. The largest absolute Gasteiger partial charge is 0.292 e. The van der Waals surface area contributed by atoms with E-state index < -0.39 is 0 Å². The fraction of sp³-hybridized carbons (Fsp3) is 0.222. The topological polar surface area (TPSA) is 133 Å². The summed E-state index contributed by atoms with van der Waals surface area (Å²) in [7, 11) is 0. The van der Waals surface area contributed by atoms with Crippen molar-refractivity contribution in [3.63, 3.8) is 0 Å². The van der Waals surface area contributed by atoms with Crippen molar-refractivity contribution in [1.29, 1.82) is 0 Å². The van der Waals surface area contributed by atoms with Gasteiger partial charge in [0.2, 0.25) is 11.1 Å². The normalized spacial score (nSPS) is 10.8. The first-order valence-electron chi connectivity index (χ1n) is 5.86. The van der Waals surface area contributed by atoms with Gasteiger partial charge in [-0.1, -0.05) is 6.92 Å². The smallest absolute Gasteiger partial charge is 0.257 e. The SMILES string of the molecule is CCc1nsc(Sc2nc(NN)nc(-n3cncn3)n2)n1.